The molecule has 2 N–H and O–H groups in total. The molecule has 0 atom stereocenters. The maximum atomic E-state index is 6.16. The second-order valence-electron chi connectivity index (χ2n) is 4.58. The SMILES string of the molecule is Cn1nc(-c2ccccn2)c(-c2ccc(Cl)c(Cl)c2)c1N. The molecule has 0 aliphatic heterocycles. The van der Waals surface area contributed by atoms with Crippen LogP contribution in [0, 0.1) is 0 Å². The summed E-state index contributed by atoms with van der Waals surface area (Å²) in [5, 5.41) is 5.44. The molecule has 1 aromatic carbocycles. The summed E-state index contributed by atoms with van der Waals surface area (Å²) in [6.07, 6.45) is 1.72. The van der Waals surface area contributed by atoms with Gasteiger partial charge in [-0.1, -0.05) is 35.3 Å². The Morgan fingerprint density at radius 1 is 1.10 bits per heavy atom. The smallest absolute Gasteiger partial charge is 0.129 e. The molecule has 4 nitrogen and oxygen atoms in total. The number of nitrogens with zero attached hydrogens (tertiary/aromatic N) is 3. The van der Waals surface area contributed by atoms with Gasteiger partial charge in [-0.2, -0.15) is 5.10 Å². The average Bonchev–Trinajstić information content (AvgIpc) is 2.79. The van der Waals surface area contributed by atoms with Crippen molar-refractivity contribution in [1.82, 2.24) is 14.8 Å². The topological polar surface area (TPSA) is 56.7 Å². The highest BCUT2D eigenvalue weighted by atomic mass is 35.5. The highest BCUT2D eigenvalue weighted by Crippen LogP contribution is 2.37. The summed E-state index contributed by atoms with van der Waals surface area (Å²) in [4.78, 5) is 4.34. The molecule has 2 aromatic heterocycles. The second-order valence-corrected chi connectivity index (χ2v) is 5.39. The lowest BCUT2D eigenvalue weighted by Gasteiger charge is -2.05. The van der Waals surface area contributed by atoms with Crippen molar-refractivity contribution in [2.24, 2.45) is 7.05 Å². The molecule has 0 saturated carbocycles. The lowest BCUT2D eigenvalue weighted by molar-refractivity contribution is 0.781. The molecule has 0 bridgehead atoms. The van der Waals surface area contributed by atoms with Crippen molar-refractivity contribution in [1.29, 1.82) is 0 Å². The summed E-state index contributed by atoms with van der Waals surface area (Å²) >= 11 is 12.1. The van der Waals surface area contributed by atoms with E-state index in [1.54, 1.807) is 30.1 Å². The molecule has 106 valence electrons. The van der Waals surface area contributed by atoms with Crippen LogP contribution >= 0.6 is 23.2 Å². The number of pyridine rings is 1. The number of aromatic nitrogens is 3. The van der Waals surface area contributed by atoms with Crippen molar-refractivity contribution in [3.8, 4) is 22.5 Å². The normalized spacial score (nSPS) is 10.8. The summed E-state index contributed by atoms with van der Waals surface area (Å²) in [5.41, 5.74) is 9.29. The Bertz CT molecular complexity index is 797. The van der Waals surface area contributed by atoms with Crippen molar-refractivity contribution in [3.05, 3.63) is 52.6 Å². The van der Waals surface area contributed by atoms with Gasteiger partial charge in [-0.05, 0) is 29.8 Å². The molecule has 6 heteroatoms. The maximum absolute atomic E-state index is 6.16. The Hall–Kier alpha value is -2.04. The number of hydrogen-bond acceptors (Lipinski definition) is 3. The van der Waals surface area contributed by atoms with Crippen LogP contribution < -0.4 is 5.73 Å². The van der Waals surface area contributed by atoms with E-state index in [0.29, 0.717) is 21.6 Å². The van der Waals surface area contributed by atoms with Crippen molar-refractivity contribution in [2.75, 3.05) is 5.73 Å². The summed E-state index contributed by atoms with van der Waals surface area (Å²) in [6.45, 7) is 0. The summed E-state index contributed by atoms with van der Waals surface area (Å²) < 4.78 is 1.63. The third-order valence-electron chi connectivity index (χ3n) is 3.21. The number of anilines is 1. The molecule has 0 aliphatic carbocycles. The zero-order valence-electron chi connectivity index (χ0n) is 11.2. The van der Waals surface area contributed by atoms with Crippen molar-refractivity contribution >= 4 is 29.0 Å². The van der Waals surface area contributed by atoms with Crippen molar-refractivity contribution < 1.29 is 0 Å². The predicted molar refractivity (Wildman–Crippen MR) is 86.3 cm³/mol. The number of nitrogen functional groups attached to an aromatic ring is 1. The molecular formula is C15H12Cl2N4. The highest BCUT2D eigenvalue weighted by Gasteiger charge is 2.18. The van der Waals surface area contributed by atoms with Crippen LogP contribution in [0.25, 0.3) is 22.5 Å². The van der Waals surface area contributed by atoms with Crippen LogP contribution in [0.4, 0.5) is 5.82 Å². The van der Waals surface area contributed by atoms with Gasteiger partial charge in [-0.25, -0.2) is 0 Å². The largest absolute Gasteiger partial charge is 0.383 e. The minimum absolute atomic E-state index is 0.476. The van der Waals surface area contributed by atoms with E-state index in [0.717, 1.165) is 16.8 Å². The first-order valence-electron chi connectivity index (χ1n) is 6.27. The third kappa shape index (κ3) is 2.48. The van der Waals surface area contributed by atoms with E-state index in [1.165, 1.54) is 0 Å². The van der Waals surface area contributed by atoms with Gasteiger partial charge in [-0.3, -0.25) is 9.67 Å². The molecule has 0 radical (unpaired) electrons. The Balaban J connectivity index is 2.24. The van der Waals surface area contributed by atoms with Gasteiger partial charge in [0.2, 0.25) is 0 Å². The van der Waals surface area contributed by atoms with Gasteiger partial charge in [0.1, 0.15) is 11.5 Å². The van der Waals surface area contributed by atoms with Gasteiger partial charge in [-0.15, -0.1) is 0 Å². The first kappa shape index (κ1) is 13.9. The fraction of sp³-hybridized carbons (Fsp3) is 0.0667. The Morgan fingerprint density at radius 3 is 2.57 bits per heavy atom. The van der Waals surface area contributed by atoms with Crippen molar-refractivity contribution in [2.45, 2.75) is 0 Å². The number of nitrogens with two attached hydrogens (primary N) is 1. The zero-order valence-corrected chi connectivity index (χ0v) is 12.7. The summed E-state index contributed by atoms with van der Waals surface area (Å²) in [7, 11) is 1.79. The Labute approximate surface area is 132 Å². The molecule has 3 aromatic rings. The number of rotatable bonds is 2. The van der Waals surface area contributed by atoms with Crippen LogP contribution in [0.2, 0.25) is 10.0 Å². The van der Waals surface area contributed by atoms with Crippen LogP contribution in [-0.4, -0.2) is 14.8 Å². The molecule has 0 spiro atoms. The second kappa shape index (κ2) is 5.39. The fourth-order valence-electron chi connectivity index (χ4n) is 2.16. The van der Waals surface area contributed by atoms with Crippen molar-refractivity contribution in [3.63, 3.8) is 0 Å². The van der Waals surface area contributed by atoms with Crippen LogP contribution in [0.15, 0.2) is 42.6 Å². The molecule has 0 saturated heterocycles. The van der Waals surface area contributed by atoms with E-state index < -0.39 is 0 Å². The minimum atomic E-state index is 0.476. The van der Waals surface area contributed by atoms with E-state index in [2.05, 4.69) is 10.1 Å². The summed E-state index contributed by atoms with van der Waals surface area (Å²) in [5.74, 6) is 0.550. The lowest BCUT2D eigenvalue weighted by Crippen LogP contribution is -1.98. The number of benzene rings is 1. The van der Waals surface area contributed by atoms with Gasteiger partial charge < -0.3 is 5.73 Å². The standard InChI is InChI=1S/C15H12Cl2N4/c1-21-15(18)13(9-5-6-10(16)11(17)8-9)14(20-21)12-4-2-3-7-19-12/h2-8H,18H2,1H3. The van der Waals surface area contributed by atoms with E-state index >= 15 is 0 Å². The molecule has 0 amide bonds. The maximum Gasteiger partial charge on any atom is 0.129 e. The molecule has 0 aliphatic rings. The first-order chi connectivity index (χ1) is 10.1. The molecule has 21 heavy (non-hydrogen) atoms. The predicted octanol–water partition coefficient (Wildman–Crippen LogP) is 4.04. The van der Waals surface area contributed by atoms with Gasteiger partial charge in [0.15, 0.2) is 0 Å². The van der Waals surface area contributed by atoms with E-state index in [4.69, 9.17) is 28.9 Å². The van der Waals surface area contributed by atoms with Gasteiger partial charge in [0, 0.05) is 13.2 Å². The first-order valence-corrected chi connectivity index (χ1v) is 7.03. The number of hydrogen-bond donors (Lipinski definition) is 1. The molecule has 2 heterocycles. The quantitative estimate of drug-likeness (QED) is 0.775. The molecular weight excluding hydrogens is 307 g/mol. The van der Waals surface area contributed by atoms with E-state index in [1.807, 2.05) is 24.3 Å². The van der Waals surface area contributed by atoms with Gasteiger partial charge in [0.05, 0.1) is 21.3 Å². The number of halogens is 2. The van der Waals surface area contributed by atoms with Crippen LogP contribution in [0.5, 0.6) is 0 Å². The van der Waals surface area contributed by atoms with Crippen LogP contribution in [0.1, 0.15) is 0 Å². The van der Waals surface area contributed by atoms with E-state index in [9.17, 15) is 0 Å². The van der Waals surface area contributed by atoms with Crippen LogP contribution in [-0.2, 0) is 7.05 Å². The highest BCUT2D eigenvalue weighted by molar-refractivity contribution is 6.42. The fourth-order valence-corrected chi connectivity index (χ4v) is 2.45. The Kier molecular flexibility index (Phi) is 3.57. The molecule has 0 fully saturated rings. The molecule has 3 rings (SSSR count). The number of aryl methyl sites for hydroxylation is 1. The summed E-state index contributed by atoms with van der Waals surface area (Å²) in [6, 6.07) is 11.1. The van der Waals surface area contributed by atoms with Gasteiger partial charge in [0.25, 0.3) is 0 Å². The third-order valence-corrected chi connectivity index (χ3v) is 3.95. The van der Waals surface area contributed by atoms with Crippen LogP contribution in [0.3, 0.4) is 0 Å². The minimum Gasteiger partial charge on any atom is -0.383 e. The average molecular weight is 319 g/mol. The lowest BCUT2D eigenvalue weighted by atomic mass is 10.0. The zero-order chi connectivity index (χ0) is 15.0. The Morgan fingerprint density at radius 2 is 1.90 bits per heavy atom. The molecule has 0 unspecified atom stereocenters. The van der Waals surface area contributed by atoms with Gasteiger partial charge >= 0.3 is 0 Å². The monoisotopic (exact) mass is 318 g/mol. The van der Waals surface area contributed by atoms with E-state index in [-0.39, 0.29) is 0 Å².